The third kappa shape index (κ3) is 3.30. The maximum Gasteiger partial charge on any atom is 0.262 e. The summed E-state index contributed by atoms with van der Waals surface area (Å²) >= 11 is 0. The summed E-state index contributed by atoms with van der Waals surface area (Å²) in [5.74, 6) is 0.637. The van der Waals surface area contributed by atoms with Crippen molar-refractivity contribution in [2.45, 2.75) is 18.7 Å². The molecule has 4 nitrogen and oxygen atoms in total. The highest BCUT2D eigenvalue weighted by atomic mass is 32.2. The average Bonchev–Trinajstić information content (AvgIpc) is 2.39. The Balaban J connectivity index is 2.29. The Morgan fingerprint density at radius 1 is 1.10 bits per heavy atom. The second-order valence-electron chi connectivity index (χ2n) is 4.33. The van der Waals surface area contributed by atoms with Crippen molar-refractivity contribution in [1.29, 1.82) is 0 Å². The van der Waals surface area contributed by atoms with Crippen LogP contribution in [0.5, 0.6) is 5.75 Å². The Labute approximate surface area is 119 Å². The van der Waals surface area contributed by atoms with Gasteiger partial charge in [-0.1, -0.05) is 24.3 Å². The maximum atomic E-state index is 12.3. The van der Waals surface area contributed by atoms with E-state index >= 15 is 0 Å². The first-order valence-corrected chi connectivity index (χ1v) is 7.82. The molecule has 0 saturated carbocycles. The monoisotopic (exact) mass is 291 g/mol. The summed E-state index contributed by atoms with van der Waals surface area (Å²) in [4.78, 5) is 0.279. The van der Waals surface area contributed by atoms with Gasteiger partial charge < -0.3 is 4.74 Å². The Bertz CT molecular complexity index is 696. The van der Waals surface area contributed by atoms with Gasteiger partial charge in [-0.15, -0.1) is 0 Å². The first kappa shape index (κ1) is 14.4. The van der Waals surface area contributed by atoms with Gasteiger partial charge in [0.2, 0.25) is 0 Å². The van der Waals surface area contributed by atoms with Gasteiger partial charge in [0.15, 0.2) is 0 Å². The minimum absolute atomic E-state index is 0.279. The summed E-state index contributed by atoms with van der Waals surface area (Å²) in [5.41, 5.74) is 1.19. The molecule has 2 aromatic carbocycles. The zero-order valence-corrected chi connectivity index (χ0v) is 12.3. The van der Waals surface area contributed by atoms with E-state index in [-0.39, 0.29) is 4.90 Å². The Morgan fingerprint density at radius 3 is 2.55 bits per heavy atom. The standard InChI is InChI=1S/C15H17NO3S/c1-3-19-14-9-6-8-13(11-14)16-20(17,18)15-10-5-4-7-12(15)2/h4-11,16H,3H2,1-2H3. The van der Waals surface area contributed by atoms with Gasteiger partial charge in [-0.3, -0.25) is 4.72 Å². The highest BCUT2D eigenvalue weighted by Crippen LogP contribution is 2.22. The van der Waals surface area contributed by atoms with Crippen LogP contribution in [-0.2, 0) is 10.0 Å². The molecule has 0 aliphatic carbocycles. The van der Waals surface area contributed by atoms with Gasteiger partial charge in [0.05, 0.1) is 17.2 Å². The topological polar surface area (TPSA) is 55.4 Å². The second kappa shape index (κ2) is 5.96. The lowest BCUT2D eigenvalue weighted by Gasteiger charge is -2.11. The molecule has 106 valence electrons. The number of aryl methyl sites for hydroxylation is 1. The summed E-state index contributed by atoms with van der Waals surface area (Å²) in [6.45, 7) is 4.18. The van der Waals surface area contributed by atoms with Crippen molar-refractivity contribution in [3.8, 4) is 5.75 Å². The maximum absolute atomic E-state index is 12.3. The molecule has 0 bridgehead atoms. The Hall–Kier alpha value is -2.01. The van der Waals surface area contributed by atoms with Crippen molar-refractivity contribution in [3.05, 3.63) is 54.1 Å². The average molecular weight is 291 g/mol. The lowest BCUT2D eigenvalue weighted by atomic mass is 10.2. The number of hydrogen-bond acceptors (Lipinski definition) is 3. The molecule has 0 aliphatic heterocycles. The molecule has 0 saturated heterocycles. The smallest absolute Gasteiger partial charge is 0.262 e. The van der Waals surface area contributed by atoms with Gasteiger partial charge in [0, 0.05) is 6.07 Å². The Kier molecular flexibility index (Phi) is 4.29. The van der Waals surface area contributed by atoms with E-state index in [1.54, 1.807) is 49.4 Å². The SMILES string of the molecule is CCOc1cccc(NS(=O)(=O)c2ccccc2C)c1. The molecule has 0 heterocycles. The number of nitrogens with one attached hydrogen (secondary N) is 1. The molecule has 0 unspecified atom stereocenters. The van der Waals surface area contributed by atoms with Crippen LogP contribution < -0.4 is 9.46 Å². The van der Waals surface area contributed by atoms with Crippen molar-refractivity contribution in [3.63, 3.8) is 0 Å². The lowest BCUT2D eigenvalue weighted by Crippen LogP contribution is -2.14. The fraction of sp³-hybridized carbons (Fsp3) is 0.200. The van der Waals surface area contributed by atoms with Gasteiger partial charge in [-0.25, -0.2) is 8.42 Å². The van der Waals surface area contributed by atoms with E-state index < -0.39 is 10.0 Å². The Morgan fingerprint density at radius 2 is 1.85 bits per heavy atom. The van der Waals surface area contributed by atoms with Crippen LogP contribution in [0.2, 0.25) is 0 Å². The van der Waals surface area contributed by atoms with E-state index in [4.69, 9.17) is 4.74 Å². The molecule has 0 atom stereocenters. The van der Waals surface area contributed by atoms with Gasteiger partial charge in [0.25, 0.3) is 10.0 Å². The molecule has 5 heteroatoms. The molecule has 1 N–H and O–H groups in total. The van der Waals surface area contributed by atoms with Crippen LogP contribution in [0.4, 0.5) is 5.69 Å². The third-order valence-electron chi connectivity index (χ3n) is 2.78. The summed E-state index contributed by atoms with van der Waals surface area (Å²) in [7, 11) is -3.58. The molecule has 2 aromatic rings. The summed E-state index contributed by atoms with van der Waals surface area (Å²) in [6.07, 6.45) is 0. The van der Waals surface area contributed by atoms with E-state index in [1.807, 2.05) is 13.0 Å². The summed E-state index contributed by atoms with van der Waals surface area (Å²) in [6, 6.07) is 13.8. The van der Waals surface area contributed by atoms with Gasteiger partial charge in [0.1, 0.15) is 5.75 Å². The molecule has 0 aliphatic rings. The van der Waals surface area contributed by atoms with Gasteiger partial charge in [-0.05, 0) is 37.6 Å². The van der Waals surface area contributed by atoms with E-state index in [0.29, 0.717) is 23.6 Å². The number of sulfonamides is 1. The molecular weight excluding hydrogens is 274 g/mol. The fourth-order valence-electron chi connectivity index (χ4n) is 1.88. The highest BCUT2D eigenvalue weighted by molar-refractivity contribution is 7.92. The first-order chi connectivity index (χ1) is 9.53. The van der Waals surface area contributed by atoms with Crippen molar-refractivity contribution < 1.29 is 13.2 Å². The number of ether oxygens (including phenoxy) is 1. The molecule has 0 amide bonds. The second-order valence-corrected chi connectivity index (χ2v) is 5.98. The molecular formula is C15H17NO3S. The largest absolute Gasteiger partial charge is 0.494 e. The predicted molar refractivity (Wildman–Crippen MR) is 79.6 cm³/mol. The van der Waals surface area contributed by atoms with Crippen LogP contribution in [0.25, 0.3) is 0 Å². The van der Waals surface area contributed by atoms with Crippen LogP contribution in [-0.4, -0.2) is 15.0 Å². The molecule has 0 fully saturated rings. The summed E-state index contributed by atoms with van der Waals surface area (Å²) in [5, 5.41) is 0. The minimum Gasteiger partial charge on any atom is -0.494 e. The molecule has 0 aromatic heterocycles. The predicted octanol–water partition coefficient (Wildman–Crippen LogP) is 3.19. The fourth-order valence-corrected chi connectivity index (χ4v) is 3.18. The van der Waals surface area contributed by atoms with Crippen LogP contribution in [0.15, 0.2) is 53.4 Å². The van der Waals surface area contributed by atoms with Gasteiger partial charge >= 0.3 is 0 Å². The van der Waals surface area contributed by atoms with E-state index in [1.165, 1.54) is 0 Å². The van der Waals surface area contributed by atoms with E-state index in [0.717, 1.165) is 0 Å². The number of benzene rings is 2. The zero-order valence-electron chi connectivity index (χ0n) is 11.5. The van der Waals surface area contributed by atoms with Crippen molar-refractivity contribution in [2.75, 3.05) is 11.3 Å². The van der Waals surface area contributed by atoms with Crippen LogP contribution >= 0.6 is 0 Å². The van der Waals surface area contributed by atoms with Crippen molar-refractivity contribution >= 4 is 15.7 Å². The molecule has 0 radical (unpaired) electrons. The highest BCUT2D eigenvalue weighted by Gasteiger charge is 2.16. The van der Waals surface area contributed by atoms with E-state index in [2.05, 4.69) is 4.72 Å². The molecule has 2 rings (SSSR count). The minimum atomic E-state index is -3.58. The number of anilines is 1. The zero-order chi connectivity index (χ0) is 14.6. The normalized spacial score (nSPS) is 11.1. The number of rotatable bonds is 5. The van der Waals surface area contributed by atoms with Crippen LogP contribution in [0.1, 0.15) is 12.5 Å². The van der Waals surface area contributed by atoms with Crippen molar-refractivity contribution in [1.82, 2.24) is 0 Å². The molecule has 0 spiro atoms. The van der Waals surface area contributed by atoms with Crippen LogP contribution in [0, 0.1) is 6.92 Å². The van der Waals surface area contributed by atoms with Crippen molar-refractivity contribution in [2.24, 2.45) is 0 Å². The third-order valence-corrected chi connectivity index (χ3v) is 4.32. The molecule has 20 heavy (non-hydrogen) atoms. The lowest BCUT2D eigenvalue weighted by molar-refractivity contribution is 0.340. The summed E-state index contributed by atoms with van der Waals surface area (Å²) < 4.78 is 32.6. The quantitative estimate of drug-likeness (QED) is 0.920. The van der Waals surface area contributed by atoms with Crippen LogP contribution in [0.3, 0.4) is 0 Å². The van der Waals surface area contributed by atoms with E-state index in [9.17, 15) is 8.42 Å². The number of hydrogen-bond donors (Lipinski definition) is 1. The first-order valence-electron chi connectivity index (χ1n) is 6.34. The van der Waals surface area contributed by atoms with Gasteiger partial charge in [-0.2, -0.15) is 0 Å².